The van der Waals surface area contributed by atoms with Gasteiger partial charge < -0.3 is 14.7 Å². The van der Waals surface area contributed by atoms with Crippen molar-refractivity contribution in [3.8, 4) is 0 Å². The number of aromatic amines is 2. The summed E-state index contributed by atoms with van der Waals surface area (Å²) in [5.41, 5.74) is 7.89. The molecule has 0 aliphatic carbocycles. The number of aromatic nitrogens is 2. The van der Waals surface area contributed by atoms with Gasteiger partial charge >= 0.3 is 5.97 Å². The van der Waals surface area contributed by atoms with Gasteiger partial charge in [-0.2, -0.15) is 0 Å². The number of H-pyrrole nitrogens is 2. The van der Waals surface area contributed by atoms with Gasteiger partial charge in [-0.1, -0.05) is 37.3 Å². The largest absolute Gasteiger partial charge is 0.456 e. The van der Waals surface area contributed by atoms with E-state index >= 15 is 0 Å². The summed E-state index contributed by atoms with van der Waals surface area (Å²) < 4.78 is 5.49. The van der Waals surface area contributed by atoms with E-state index in [9.17, 15) is 9.59 Å². The van der Waals surface area contributed by atoms with Crippen molar-refractivity contribution in [2.45, 2.75) is 47.1 Å². The third kappa shape index (κ3) is 3.52. The number of esters is 1. The maximum atomic E-state index is 12.6. The van der Waals surface area contributed by atoms with Gasteiger partial charge in [-0.05, 0) is 55.5 Å². The molecule has 0 aliphatic heterocycles. The summed E-state index contributed by atoms with van der Waals surface area (Å²) in [6, 6.07) is 9.61. The summed E-state index contributed by atoms with van der Waals surface area (Å²) in [4.78, 5) is 30.4. The normalized spacial score (nSPS) is 12.0. The van der Waals surface area contributed by atoms with Gasteiger partial charge in [-0.3, -0.25) is 4.79 Å². The molecule has 0 unspecified atom stereocenters. The van der Waals surface area contributed by atoms with E-state index in [0.29, 0.717) is 11.4 Å². The maximum Gasteiger partial charge on any atom is 0.355 e. The van der Waals surface area contributed by atoms with Crippen molar-refractivity contribution in [2.75, 3.05) is 0 Å². The van der Waals surface area contributed by atoms with Crippen LogP contribution in [0.5, 0.6) is 0 Å². The van der Waals surface area contributed by atoms with Crippen LogP contribution in [0.1, 0.15) is 73.0 Å². The van der Waals surface area contributed by atoms with E-state index in [4.69, 9.17) is 4.74 Å². The van der Waals surface area contributed by atoms with Crippen molar-refractivity contribution < 1.29 is 14.3 Å². The molecule has 2 heterocycles. The van der Waals surface area contributed by atoms with Gasteiger partial charge in [-0.15, -0.1) is 0 Å². The van der Waals surface area contributed by atoms with Crippen LogP contribution < -0.4 is 0 Å². The van der Waals surface area contributed by atoms with Crippen LogP contribution in [-0.4, -0.2) is 22.2 Å². The van der Waals surface area contributed by atoms with Gasteiger partial charge in [0.15, 0.2) is 6.29 Å². The Morgan fingerprint density at radius 1 is 0.964 bits per heavy atom. The molecule has 0 saturated heterocycles. The van der Waals surface area contributed by atoms with E-state index < -0.39 is 0 Å². The molecule has 0 saturated carbocycles. The van der Waals surface area contributed by atoms with E-state index in [1.165, 1.54) is 0 Å². The molecule has 5 nitrogen and oxygen atoms in total. The van der Waals surface area contributed by atoms with Gasteiger partial charge in [0, 0.05) is 17.3 Å². The first-order valence-corrected chi connectivity index (χ1v) is 9.39. The van der Waals surface area contributed by atoms with Crippen molar-refractivity contribution in [1.29, 1.82) is 0 Å². The molecule has 0 spiro atoms. The second-order valence-electron chi connectivity index (χ2n) is 7.27. The predicted molar refractivity (Wildman–Crippen MR) is 109 cm³/mol. The summed E-state index contributed by atoms with van der Waals surface area (Å²) in [5, 5.41) is 0. The Bertz CT molecular complexity index is 1010. The number of nitrogens with one attached hydrogen (secondary N) is 2. The molecule has 2 N–H and O–H groups in total. The molecular weight excluding hydrogens is 352 g/mol. The Kier molecular flexibility index (Phi) is 5.54. The average molecular weight is 378 g/mol. The molecule has 3 rings (SSSR count). The van der Waals surface area contributed by atoms with Crippen molar-refractivity contribution in [2.24, 2.45) is 0 Å². The summed E-state index contributed by atoms with van der Waals surface area (Å²) >= 11 is 0. The van der Waals surface area contributed by atoms with Gasteiger partial charge in [0.2, 0.25) is 0 Å². The minimum Gasteiger partial charge on any atom is -0.456 e. The molecule has 0 fully saturated rings. The van der Waals surface area contributed by atoms with Crippen molar-refractivity contribution in [3.05, 3.63) is 80.9 Å². The minimum atomic E-state index is -0.365. The van der Waals surface area contributed by atoms with Crippen LogP contribution in [0.4, 0.5) is 0 Å². The highest BCUT2D eigenvalue weighted by molar-refractivity contribution is 5.90. The number of rotatable bonds is 6. The zero-order valence-electron chi connectivity index (χ0n) is 17.0. The summed E-state index contributed by atoms with van der Waals surface area (Å²) in [7, 11) is 0. The number of ether oxygens (including phenoxy) is 1. The lowest BCUT2D eigenvalue weighted by molar-refractivity contribution is 0.0465. The number of carbonyl (C=O) groups is 2. The Morgan fingerprint density at radius 3 is 2.18 bits per heavy atom. The second kappa shape index (κ2) is 7.89. The van der Waals surface area contributed by atoms with E-state index in [1.54, 1.807) is 0 Å². The zero-order valence-corrected chi connectivity index (χ0v) is 17.0. The van der Waals surface area contributed by atoms with Crippen LogP contribution in [0.3, 0.4) is 0 Å². The van der Waals surface area contributed by atoms with E-state index in [0.717, 1.165) is 45.5 Å². The Labute approximate surface area is 165 Å². The summed E-state index contributed by atoms with van der Waals surface area (Å²) in [6.07, 6.45) is 0.845. The molecular formula is C23H26N2O3. The van der Waals surface area contributed by atoms with Gasteiger partial charge in [0.1, 0.15) is 12.3 Å². The van der Waals surface area contributed by atoms with Gasteiger partial charge in [0.05, 0.1) is 5.69 Å². The first-order valence-electron chi connectivity index (χ1n) is 9.39. The zero-order chi connectivity index (χ0) is 20.4. The average Bonchev–Trinajstić information content (AvgIpc) is 3.17. The van der Waals surface area contributed by atoms with Crippen LogP contribution in [-0.2, 0) is 11.3 Å². The SMILES string of the molecule is Cc1c(C=O)[nH]c([C@@H](C)c2[nH]c(C(=O)OCc3ccccc3)c(C)c2C)c1C. The third-order valence-electron chi connectivity index (χ3n) is 5.64. The fourth-order valence-corrected chi connectivity index (χ4v) is 3.58. The number of carbonyl (C=O) groups excluding carboxylic acids is 2. The van der Waals surface area contributed by atoms with Crippen LogP contribution in [0.15, 0.2) is 30.3 Å². The fourth-order valence-electron chi connectivity index (χ4n) is 3.58. The Hall–Kier alpha value is -3.08. The molecule has 2 aromatic heterocycles. The predicted octanol–water partition coefficient (Wildman–Crippen LogP) is 4.90. The van der Waals surface area contributed by atoms with Crippen molar-refractivity contribution in [3.63, 3.8) is 0 Å². The minimum absolute atomic E-state index is 0.0122. The smallest absolute Gasteiger partial charge is 0.355 e. The molecule has 0 bridgehead atoms. The molecule has 3 aromatic rings. The number of aldehydes is 1. The van der Waals surface area contributed by atoms with Gasteiger partial charge in [-0.25, -0.2) is 4.79 Å². The van der Waals surface area contributed by atoms with Crippen LogP contribution in [0, 0.1) is 27.7 Å². The first-order chi connectivity index (χ1) is 13.3. The lowest BCUT2D eigenvalue weighted by Crippen LogP contribution is -2.08. The van der Waals surface area contributed by atoms with Crippen LogP contribution in [0.2, 0.25) is 0 Å². The number of hydrogen-bond acceptors (Lipinski definition) is 3. The highest BCUT2D eigenvalue weighted by Crippen LogP contribution is 2.32. The molecule has 146 valence electrons. The third-order valence-corrected chi connectivity index (χ3v) is 5.64. The highest BCUT2D eigenvalue weighted by atomic mass is 16.5. The number of benzene rings is 1. The topological polar surface area (TPSA) is 75.0 Å². The quantitative estimate of drug-likeness (QED) is 0.473. The van der Waals surface area contributed by atoms with Gasteiger partial charge in [0.25, 0.3) is 0 Å². The lowest BCUT2D eigenvalue weighted by Gasteiger charge is -2.12. The molecule has 0 amide bonds. The van der Waals surface area contributed by atoms with Crippen LogP contribution >= 0.6 is 0 Å². The van der Waals surface area contributed by atoms with Crippen LogP contribution in [0.25, 0.3) is 0 Å². The van der Waals surface area contributed by atoms with E-state index in [1.807, 2.05) is 58.0 Å². The Morgan fingerprint density at radius 2 is 1.57 bits per heavy atom. The standard InChI is InChI=1S/C23H26N2O3/c1-13-14(2)20(24-19(13)11-26)17(5)21-15(3)16(4)22(25-21)23(27)28-12-18-9-7-6-8-10-18/h6-11,17,24-25H,12H2,1-5H3/t17-/m1/s1. The Balaban J connectivity index is 1.86. The van der Waals surface area contributed by atoms with E-state index in [2.05, 4.69) is 16.9 Å². The number of hydrogen-bond donors (Lipinski definition) is 2. The highest BCUT2D eigenvalue weighted by Gasteiger charge is 2.24. The molecule has 28 heavy (non-hydrogen) atoms. The van der Waals surface area contributed by atoms with Crippen molar-refractivity contribution in [1.82, 2.24) is 9.97 Å². The van der Waals surface area contributed by atoms with Crippen molar-refractivity contribution >= 4 is 12.3 Å². The molecule has 5 heteroatoms. The second-order valence-corrected chi connectivity index (χ2v) is 7.27. The summed E-state index contributed by atoms with van der Waals surface area (Å²) in [6.45, 7) is 10.2. The molecule has 0 radical (unpaired) electrons. The fraction of sp³-hybridized carbons (Fsp3) is 0.304. The monoisotopic (exact) mass is 378 g/mol. The molecule has 0 aliphatic rings. The summed E-state index contributed by atoms with van der Waals surface area (Å²) in [5.74, 6) is -0.377. The van der Waals surface area contributed by atoms with E-state index in [-0.39, 0.29) is 18.5 Å². The maximum absolute atomic E-state index is 12.6. The lowest BCUT2D eigenvalue weighted by atomic mass is 9.96. The molecule has 1 atom stereocenters. The first kappa shape index (κ1) is 19.7. The molecule has 1 aromatic carbocycles.